The molecule has 1 N–H and O–H groups in total. The van der Waals surface area contributed by atoms with Gasteiger partial charge in [0.1, 0.15) is 6.04 Å². The van der Waals surface area contributed by atoms with Crippen LogP contribution in [0.2, 0.25) is 0 Å². The lowest BCUT2D eigenvalue weighted by molar-refractivity contribution is -0.131. The molecule has 1 heterocycles. The second-order valence-corrected chi connectivity index (χ2v) is 7.91. The summed E-state index contributed by atoms with van der Waals surface area (Å²) in [7, 11) is 0. The standard InChI is InChI=1S/C19H31N3O.ClH/c20-15-17-5-4-14-22(17)18(23)8-13-21-16-6-11-19(12-7-16)9-2-1-3-10-19;/h16-17,21H,1-14H2;1H/t17-;/m0./s1. The first-order valence-electron chi connectivity index (χ1n) is 9.65. The molecule has 1 spiro atoms. The fraction of sp³-hybridized carbons (Fsp3) is 0.895. The Kier molecular flexibility index (Phi) is 7.37. The summed E-state index contributed by atoms with van der Waals surface area (Å²) in [4.78, 5) is 14.0. The number of halogens is 1. The quantitative estimate of drug-likeness (QED) is 0.836. The van der Waals surface area contributed by atoms with E-state index in [-0.39, 0.29) is 24.4 Å². The Morgan fingerprint density at radius 2 is 1.79 bits per heavy atom. The van der Waals surface area contributed by atoms with Crippen LogP contribution in [0, 0.1) is 16.7 Å². The number of carbonyl (C=O) groups is 1. The van der Waals surface area contributed by atoms with E-state index in [1.807, 2.05) is 0 Å². The van der Waals surface area contributed by atoms with Crippen molar-refractivity contribution in [3.05, 3.63) is 0 Å². The van der Waals surface area contributed by atoms with Crippen LogP contribution in [0.3, 0.4) is 0 Å². The van der Waals surface area contributed by atoms with Crippen LogP contribution in [-0.2, 0) is 4.79 Å². The van der Waals surface area contributed by atoms with Crippen molar-refractivity contribution in [2.45, 2.75) is 89.1 Å². The number of carbonyl (C=O) groups excluding carboxylic acids is 1. The van der Waals surface area contributed by atoms with Gasteiger partial charge in [-0.15, -0.1) is 12.4 Å². The van der Waals surface area contributed by atoms with E-state index in [9.17, 15) is 4.79 Å². The summed E-state index contributed by atoms with van der Waals surface area (Å²) >= 11 is 0. The number of hydrogen-bond acceptors (Lipinski definition) is 3. The Morgan fingerprint density at radius 3 is 2.46 bits per heavy atom. The van der Waals surface area contributed by atoms with E-state index in [1.165, 1.54) is 57.8 Å². The largest absolute Gasteiger partial charge is 0.327 e. The molecule has 1 atom stereocenters. The van der Waals surface area contributed by atoms with Crippen molar-refractivity contribution in [2.75, 3.05) is 13.1 Å². The summed E-state index contributed by atoms with van der Waals surface area (Å²) in [5.74, 6) is 0.154. The smallest absolute Gasteiger partial charge is 0.224 e. The van der Waals surface area contributed by atoms with Crippen LogP contribution < -0.4 is 5.32 Å². The maximum absolute atomic E-state index is 12.2. The van der Waals surface area contributed by atoms with Gasteiger partial charge in [0.25, 0.3) is 0 Å². The lowest BCUT2D eigenvalue weighted by Gasteiger charge is -2.43. The summed E-state index contributed by atoms with van der Waals surface area (Å²) in [6.45, 7) is 1.54. The molecule has 24 heavy (non-hydrogen) atoms. The van der Waals surface area contributed by atoms with E-state index < -0.39 is 0 Å². The fourth-order valence-corrected chi connectivity index (χ4v) is 4.96. The number of hydrogen-bond donors (Lipinski definition) is 1. The summed E-state index contributed by atoms with van der Waals surface area (Å²) in [6.07, 6.45) is 14.9. The minimum Gasteiger partial charge on any atom is -0.327 e. The van der Waals surface area contributed by atoms with Gasteiger partial charge in [0, 0.05) is 25.6 Å². The molecule has 1 aliphatic heterocycles. The van der Waals surface area contributed by atoms with E-state index >= 15 is 0 Å². The van der Waals surface area contributed by atoms with Gasteiger partial charge in [-0.1, -0.05) is 19.3 Å². The SMILES string of the molecule is Cl.N#C[C@@H]1CCCN1C(=O)CCNC1CCC2(CCCCC2)CC1. The van der Waals surface area contributed by atoms with Crippen molar-refractivity contribution in [3.8, 4) is 6.07 Å². The first-order valence-corrected chi connectivity index (χ1v) is 9.65. The van der Waals surface area contributed by atoms with Gasteiger partial charge in [-0.2, -0.15) is 5.26 Å². The molecule has 2 aliphatic carbocycles. The maximum atomic E-state index is 12.2. The van der Waals surface area contributed by atoms with Gasteiger partial charge in [-0.3, -0.25) is 4.79 Å². The number of amides is 1. The summed E-state index contributed by atoms with van der Waals surface area (Å²) in [5, 5.41) is 12.7. The predicted molar refractivity (Wildman–Crippen MR) is 98.0 cm³/mol. The van der Waals surface area contributed by atoms with Crippen molar-refractivity contribution in [1.82, 2.24) is 10.2 Å². The van der Waals surface area contributed by atoms with Gasteiger partial charge >= 0.3 is 0 Å². The Hall–Kier alpha value is -0.790. The van der Waals surface area contributed by atoms with Crippen LogP contribution in [0.5, 0.6) is 0 Å². The first kappa shape index (κ1) is 19.5. The molecule has 3 fully saturated rings. The molecule has 3 rings (SSSR count). The van der Waals surface area contributed by atoms with E-state index in [2.05, 4.69) is 11.4 Å². The molecule has 1 saturated heterocycles. The number of nitrogens with one attached hydrogen (secondary N) is 1. The first-order chi connectivity index (χ1) is 11.2. The fourth-order valence-electron chi connectivity index (χ4n) is 4.96. The van der Waals surface area contributed by atoms with Gasteiger partial charge in [0.2, 0.25) is 5.91 Å². The maximum Gasteiger partial charge on any atom is 0.224 e. The number of nitriles is 1. The Balaban J connectivity index is 0.00000208. The molecular formula is C19H32ClN3O. The molecule has 4 nitrogen and oxygen atoms in total. The highest BCUT2D eigenvalue weighted by Crippen LogP contribution is 2.47. The highest BCUT2D eigenvalue weighted by Gasteiger charge is 2.36. The molecule has 2 saturated carbocycles. The minimum atomic E-state index is -0.177. The van der Waals surface area contributed by atoms with Crippen molar-refractivity contribution < 1.29 is 4.79 Å². The van der Waals surface area contributed by atoms with Gasteiger partial charge in [-0.25, -0.2) is 0 Å². The number of rotatable bonds is 4. The zero-order chi connectivity index (χ0) is 16.1. The third-order valence-corrected chi connectivity index (χ3v) is 6.45. The van der Waals surface area contributed by atoms with Crippen LogP contribution in [-0.4, -0.2) is 36.0 Å². The van der Waals surface area contributed by atoms with Crippen LogP contribution in [0.25, 0.3) is 0 Å². The van der Waals surface area contributed by atoms with Crippen molar-refractivity contribution >= 4 is 18.3 Å². The average Bonchev–Trinajstić information content (AvgIpc) is 3.06. The van der Waals surface area contributed by atoms with E-state index in [1.54, 1.807) is 4.90 Å². The zero-order valence-electron chi connectivity index (χ0n) is 14.8. The normalized spacial score (nSPS) is 26.8. The monoisotopic (exact) mass is 353 g/mol. The number of nitrogens with zero attached hydrogens (tertiary/aromatic N) is 2. The average molecular weight is 354 g/mol. The highest BCUT2D eigenvalue weighted by molar-refractivity contribution is 5.85. The van der Waals surface area contributed by atoms with E-state index in [0.29, 0.717) is 17.9 Å². The van der Waals surface area contributed by atoms with E-state index in [0.717, 1.165) is 25.9 Å². The minimum absolute atomic E-state index is 0. The molecule has 0 aromatic heterocycles. The van der Waals surface area contributed by atoms with Gasteiger partial charge in [0.05, 0.1) is 6.07 Å². The van der Waals surface area contributed by atoms with Crippen molar-refractivity contribution in [1.29, 1.82) is 5.26 Å². The number of likely N-dealkylation sites (tertiary alicyclic amines) is 1. The van der Waals surface area contributed by atoms with Crippen LogP contribution in [0.4, 0.5) is 0 Å². The second kappa shape index (κ2) is 9.06. The predicted octanol–water partition coefficient (Wildman–Crippen LogP) is 3.80. The lowest BCUT2D eigenvalue weighted by atomic mass is 9.64. The molecule has 1 amide bonds. The van der Waals surface area contributed by atoms with Gasteiger partial charge in [-0.05, 0) is 56.8 Å². The molecule has 0 radical (unpaired) electrons. The highest BCUT2D eigenvalue weighted by atomic mass is 35.5. The van der Waals surface area contributed by atoms with Gasteiger partial charge in [0.15, 0.2) is 0 Å². The summed E-state index contributed by atoms with van der Waals surface area (Å²) < 4.78 is 0. The Morgan fingerprint density at radius 1 is 1.08 bits per heavy atom. The van der Waals surface area contributed by atoms with Crippen LogP contribution in [0.15, 0.2) is 0 Å². The van der Waals surface area contributed by atoms with Crippen LogP contribution in [0.1, 0.15) is 77.0 Å². The third-order valence-electron chi connectivity index (χ3n) is 6.45. The summed E-state index contributed by atoms with van der Waals surface area (Å²) in [5.41, 5.74) is 0.668. The molecule has 5 heteroatoms. The molecule has 0 unspecified atom stereocenters. The topological polar surface area (TPSA) is 56.1 Å². The summed E-state index contributed by atoms with van der Waals surface area (Å²) in [6, 6.07) is 2.67. The molecule has 0 aromatic rings. The second-order valence-electron chi connectivity index (χ2n) is 7.91. The van der Waals surface area contributed by atoms with Crippen molar-refractivity contribution in [3.63, 3.8) is 0 Å². The zero-order valence-corrected chi connectivity index (χ0v) is 15.6. The van der Waals surface area contributed by atoms with Crippen LogP contribution >= 0.6 is 12.4 Å². The third kappa shape index (κ3) is 4.64. The molecule has 0 bridgehead atoms. The Bertz CT molecular complexity index is 446. The van der Waals surface area contributed by atoms with Gasteiger partial charge < -0.3 is 10.2 Å². The lowest BCUT2D eigenvalue weighted by Crippen LogP contribution is -2.41. The van der Waals surface area contributed by atoms with Crippen molar-refractivity contribution in [2.24, 2.45) is 5.41 Å². The molecule has 3 aliphatic rings. The Labute approximate surface area is 152 Å². The van der Waals surface area contributed by atoms with E-state index in [4.69, 9.17) is 5.26 Å². The molecular weight excluding hydrogens is 322 g/mol. The molecule has 136 valence electrons. The molecule has 0 aromatic carbocycles.